The highest BCUT2D eigenvalue weighted by Gasteiger charge is 2.47. The van der Waals surface area contributed by atoms with Crippen LogP contribution in [-0.4, -0.2) is 47.5 Å². The molecule has 6 aromatic rings. The lowest BCUT2D eigenvalue weighted by Gasteiger charge is -2.27. The number of anilines is 1. The predicted molar refractivity (Wildman–Crippen MR) is 217 cm³/mol. The summed E-state index contributed by atoms with van der Waals surface area (Å²) in [5.74, 6) is -0.819. The molecular formula is C47H43N2O4+. The fraction of sp³-hybridized carbons (Fsp3) is 0.213. The van der Waals surface area contributed by atoms with Crippen LogP contribution in [0.25, 0.3) is 43.1 Å². The molecule has 0 atom stereocenters. The number of benzene rings is 6. The fourth-order valence-electron chi connectivity index (χ4n) is 9.06. The van der Waals surface area contributed by atoms with Gasteiger partial charge >= 0.3 is 5.97 Å². The molecule has 0 radical (unpaired) electrons. The summed E-state index contributed by atoms with van der Waals surface area (Å²) in [7, 11) is 0. The second-order valence-corrected chi connectivity index (χ2v) is 15.0. The largest absolute Gasteiger partial charge is 0.481 e. The number of carboxylic acid groups (broad SMARTS) is 1. The number of ether oxygens (including phenoxy) is 1. The van der Waals surface area contributed by atoms with Gasteiger partial charge in [-0.3, -0.25) is 9.59 Å². The molecule has 0 amide bonds. The van der Waals surface area contributed by atoms with Crippen molar-refractivity contribution in [2.45, 2.75) is 44.9 Å². The molecule has 8 rings (SSSR count). The van der Waals surface area contributed by atoms with Crippen LogP contribution >= 0.6 is 0 Å². The Morgan fingerprint density at radius 1 is 0.698 bits per heavy atom. The SMILES string of the molecule is CC1(C)C(=CC=CC=CC2=[N+](CCC(=O)O)c3c(c4ccccc4c4ccccc34)C2(C)C)N(CCOC=O)c2c1c1ccccc1c1ccccc21. The van der Waals surface area contributed by atoms with E-state index in [2.05, 4.69) is 165 Å². The molecule has 0 saturated heterocycles. The second-order valence-electron chi connectivity index (χ2n) is 15.0. The van der Waals surface area contributed by atoms with Crippen molar-refractivity contribution in [3.05, 3.63) is 144 Å². The number of rotatable bonds is 10. The molecule has 53 heavy (non-hydrogen) atoms. The Kier molecular flexibility index (Phi) is 8.49. The molecule has 0 bridgehead atoms. The van der Waals surface area contributed by atoms with Gasteiger partial charge in [-0.15, -0.1) is 0 Å². The average molecular weight is 700 g/mol. The van der Waals surface area contributed by atoms with E-state index in [-0.39, 0.29) is 23.9 Å². The van der Waals surface area contributed by atoms with E-state index in [1.54, 1.807) is 0 Å². The van der Waals surface area contributed by atoms with E-state index < -0.39 is 5.97 Å². The minimum absolute atomic E-state index is 0.0264. The Morgan fingerprint density at radius 2 is 1.23 bits per heavy atom. The normalized spacial score (nSPS) is 16.9. The van der Waals surface area contributed by atoms with Crippen molar-refractivity contribution in [3.8, 4) is 0 Å². The number of aliphatic carboxylic acids is 1. The molecule has 6 heteroatoms. The summed E-state index contributed by atoms with van der Waals surface area (Å²) in [4.78, 5) is 25.5. The van der Waals surface area contributed by atoms with Crippen LogP contribution in [-0.2, 0) is 25.2 Å². The van der Waals surface area contributed by atoms with Crippen LogP contribution in [0.1, 0.15) is 45.2 Å². The maximum Gasteiger partial charge on any atom is 0.309 e. The third-order valence-corrected chi connectivity index (χ3v) is 11.2. The van der Waals surface area contributed by atoms with Gasteiger partial charge in [-0.05, 0) is 63.9 Å². The Morgan fingerprint density at radius 3 is 1.83 bits per heavy atom. The van der Waals surface area contributed by atoms with E-state index in [1.807, 2.05) is 0 Å². The molecule has 1 N–H and O–H groups in total. The fourth-order valence-corrected chi connectivity index (χ4v) is 9.06. The summed E-state index contributed by atoms with van der Waals surface area (Å²) in [6.45, 7) is 10.7. The third kappa shape index (κ3) is 5.43. The number of hydrogen-bond acceptors (Lipinski definition) is 4. The first-order chi connectivity index (χ1) is 25.7. The number of carbonyl (C=O) groups is 2. The number of carbonyl (C=O) groups excluding carboxylic acids is 1. The lowest BCUT2D eigenvalue weighted by atomic mass is 9.78. The van der Waals surface area contributed by atoms with Crippen molar-refractivity contribution in [2.24, 2.45) is 0 Å². The van der Waals surface area contributed by atoms with E-state index in [0.717, 1.165) is 28.2 Å². The third-order valence-electron chi connectivity index (χ3n) is 11.2. The van der Waals surface area contributed by atoms with E-state index in [4.69, 9.17) is 4.74 Å². The van der Waals surface area contributed by atoms with Gasteiger partial charge < -0.3 is 14.7 Å². The molecule has 2 aliphatic rings. The molecule has 6 nitrogen and oxygen atoms in total. The predicted octanol–water partition coefficient (Wildman–Crippen LogP) is 10.1. The Labute approximate surface area is 309 Å². The summed E-state index contributed by atoms with van der Waals surface area (Å²) >= 11 is 0. The zero-order valence-electron chi connectivity index (χ0n) is 30.6. The van der Waals surface area contributed by atoms with E-state index in [0.29, 0.717) is 19.6 Å². The summed E-state index contributed by atoms with van der Waals surface area (Å²) < 4.78 is 7.47. The van der Waals surface area contributed by atoms with Crippen LogP contribution in [0.5, 0.6) is 0 Å². The van der Waals surface area contributed by atoms with Gasteiger partial charge in [0.05, 0.1) is 23.0 Å². The molecule has 0 spiro atoms. The van der Waals surface area contributed by atoms with Crippen LogP contribution in [0, 0.1) is 0 Å². The maximum absolute atomic E-state index is 11.9. The average Bonchev–Trinajstić information content (AvgIpc) is 3.53. The smallest absolute Gasteiger partial charge is 0.309 e. The Hall–Kier alpha value is -6.01. The van der Waals surface area contributed by atoms with Gasteiger partial charge in [0.15, 0.2) is 12.3 Å². The molecule has 6 aromatic carbocycles. The molecule has 264 valence electrons. The van der Waals surface area contributed by atoms with Gasteiger partial charge in [-0.25, -0.2) is 0 Å². The quantitative estimate of drug-likeness (QED) is 0.0507. The van der Waals surface area contributed by atoms with Gasteiger partial charge in [0, 0.05) is 28.1 Å². The summed E-state index contributed by atoms with van der Waals surface area (Å²) in [6, 6.07) is 34.1. The molecule has 0 unspecified atom stereocenters. The zero-order valence-corrected chi connectivity index (χ0v) is 30.6. The maximum atomic E-state index is 11.9. The molecule has 0 aliphatic carbocycles. The highest BCUT2D eigenvalue weighted by molar-refractivity contribution is 6.19. The lowest BCUT2D eigenvalue weighted by molar-refractivity contribution is -0.435. The number of hydrogen-bond donors (Lipinski definition) is 1. The van der Waals surface area contributed by atoms with E-state index >= 15 is 0 Å². The molecule has 2 aliphatic heterocycles. The van der Waals surface area contributed by atoms with E-state index in [1.165, 1.54) is 48.8 Å². The highest BCUT2D eigenvalue weighted by Crippen LogP contribution is 2.54. The van der Waals surface area contributed by atoms with E-state index in [9.17, 15) is 14.7 Å². The van der Waals surface area contributed by atoms with Gasteiger partial charge in [0.2, 0.25) is 5.69 Å². The van der Waals surface area contributed by atoms with Gasteiger partial charge in [-0.2, -0.15) is 4.58 Å². The molecule has 0 fully saturated rings. The first-order valence-corrected chi connectivity index (χ1v) is 18.3. The topological polar surface area (TPSA) is 69.8 Å². The van der Waals surface area contributed by atoms with Crippen molar-refractivity contribution in [2.75, 3.05) is 24.6 Å². The number of carboxylic acids is 1. The van der Waals surface area contributed by atoms with Crippen LogP contribution in [0.4, 0.5) is 11.4 Å². The van der Waals surface area contributed by atoms with Gasteiger partial charge in [0.1, 0.15) is 13.0 Å². The number of fused-ring (bicyclic) bond motifs is 12. The summed E-state index contributed by atoms with van der Waals surface area (Å²) in [6.07, 6.45) is 10.6. The Bertz CT molecular complexity index is 2610. The first kappa shape index (κ1) is 34.1. The molecular weight excluding hydrogens is 657 g/mol. The zero-order chi connectivity index (χ0) is 36.9. The van der Waals surface area contributed by atoms with Gasteiger partial charge in [0.25, 0.3) is 6.47 Å². The monoisotopic (exact) mass is 699 g/mol. The minimum Gasteiger partial charge on any atom is -0.481 e. The molecule has 0 saturated carbocycles. The van der Waals surface area contributed by atoms with Gasteiger partial charge in [-0.1, -0.05) is 123 Å². The highest BCUT2D eigenvalue weighted by atomic mass is 16.5. The van der Waals surface area contributed by atoms with Crippen LogP contribution in [0.2, 0.25) is 0 Å². The summed E-state index contributed by atoms with van der Waals surface area (Å²) in [5.41, 5.74) is 6.20. The van der Waals surface area contributed by atoms with Crippen molar-refractivity contribution in [3.63, 3.8) is 0 Å². The van der Waals surface area contributed by atoms with Crippen LogP contribution in [0.15, 0.2) is 133 Å². The first-order valence-electron chi connectivity index (χ1n) is 18.3. The lowest BCUT2D eigenvalue weighted by Crippen LogP contribution is -2.29. The van der Waals surface area contributed by atoms with Crippen molar-refractivity contribution in [1.29, 1.82) is 0 Å². The van der Waals surface area contributed by atoms with Crippen LogP contribution in [0.3, 0.4) is 0 Å². The number of allylic oxidation sites excluding steroid dienone is 6. The standard InChI is InChI=1S/C47H42N2O4/c1-46(2)39(48(27-26-41(51)52)44-37-22-14-10-18-33(37)31-16-8-12-20-35(31)42(44)46)24-6-5-7-25-40-47(3,4)43-36-21-13-9-17-32(36)34-19-11-15-23-38(34)45(43)49(40)28-29-53-30-50/h5-25,30H,26-29H2,1-4H3/p+1. The van der Waals surface area contributed by atoms with Crippen molar-refractivity contribution in [1.82, 2.24) is 0 Å². The molecule has 0 aromatic heterocycles. The van der Waals surface area contributed by atoms with Crippen molar-refractivity contribution < 1.29 is 24.0 Å². The van der Waals surface area contributed by atoms with Crippen LogP contribution < -0.4 is 4.90 Å². The number of nitrogens with zero attached hydrogens (tertiary/aromatic N) is 2. The van der Waals surface area contributed by atoms with Crippen molar-refractivity contribution >= 4 is 72.6 Å². The molecule has 2 heterocycles. The minimum atomic E-state index is -0.819. The second kappa shape index (κ2) is 13.2. The summed E-state index contributed by atoms with van der Waals surface area (Å²) in [5, 5.41) is 19.3. The Balaban J connectivity index is 1.23.